The second kappa shape index (κ2) is 3.39. The van der Waals surface area contributed by atoms with Crippen molar-refractivity contribution in [2.45, 2.75) is 13.5 Å². The topological polar surface area (TPSA) is 35.2 Å². The first-order chi connectivity index (χ1) is 5.24. The maximum Gasteiger partial charge on any atom is 0.0733 e. The molecule has 0 spiro atoms. The van der Waals surface area contributed by atoms with Crippen molar-refractivity contribution in [1.82, 2.24) is 0 Å². The second-order valence-corrected chi connectivity index (χ2v) is 2.64. The first kappa shape index (κ1) is 8.08. The van der Waals surface area contributed by atoms with Crippen LogP contribution in [0.5, 0.6) is 0 Å². The molecule has 1 aromatic carbocycles. The van der Waals surface area contributed by atoms with E-state index in [1.165, 1.54) is 5.56 Å². The molecule has 0 heterocycles. The van der Waals surface area contributed by atoms with E-state index in [9.17, 15) is 0 Å². The number of rotatable bonds is 2. The van der Waals surface area contributed by atoms with Crippen LogP contribution in [0.2, 0.25) is 0 Å². The minimum atomic E-state index is 0.591. The van der Waals surface area contributed by atoms with Gasteiger partial charge in [-0.3, -0.25) is 0 Å². The molecule has 2 N–H and O–H groups in total. The number of nitrogen functional groups attached to an aromatic ring is 1. The Morgan fingerprint density at radius 2 is 2.18 bits per heavy atom. The molecule has 0 aromatic heterocycles. The molecule has 0 radical (unpaired) electrons. The van der Waals surface area contributed by atoms with Gasteiger partial charge in [0, 0.05) is 18.4 Å². The van der Waals surface area contributed by atoms with Crippen LogP contribution in [0.1, 0.15) is 11.1 Å². The lowest BCUT2D eigenvalue weighted by Crippen LogP contribution is -1.95. The van der Waals surface area contributed by atoms with E-state index < -0.39 is 0 Å². The van der Waals surface area contributed by atoms with Crippen molar-refractivity contribution in [1.29, 1.82) is 0 Å². The summed E-state index contributed by atoms with van der Waals surface area (Å²) in [5.74, 6) is 0. The summed E-state index contributed by atoms with van der Waals surface area (Å²) in [5, 5.41) is 0. The molecular formula is C9H13NO. The molecule has 0 saturated carbocycles. The molecule has 1 aromatic rings. The Kier molecular flexibility index (Phi) is 2.49. The predicted octanol–water partition coefficient (Wildman–Crippen LogP) is 1.72. The number of hydrogen-bond acceptors (Lipinski definition) is 2. The van der Waals surface area contributed by atoms with E-state index in [0.717, 1.165) is 11.3 Å². The van der Waals surface area contributed by atoms with Crippen molar-refractivity contribution in [3.63, 3.8) is 0 Å². The van der Waals surface area contributed by atoms with Gasteiger partial charge in [0.05, 0.1) is 6.61 Å². The highest BCUT2D eigenvalue weighted by atomic mass is 16.5. The molecule has 0 bridgehead atoms. The van der Waals surface area contributed by atoms with Crippen molar-refractivity contribution >= 4 is 5.69 Å². The molecule has 1 rings (SSSR count). The van der Waals surface area contributed by atoms with Crippen LogP contribution in [0, 0.1) is 6.92 Å². The number of benzene rings is 1. The summed E-state index contributed by atoms with van der Waals surface area (Å²) in [4.78, 5) is 0. The van der Waals surface area contributed by atoms with Crippen molar-refractivity contribution in [2.24, 2.45) is 0 Å². The summed E-state index contributed by atoms with van der Waals surface area (Å²) in [7, 11) is 1.67. The van der Waals surface area contributed by atoms with E-state index in [1.807, 2.05) is 25.1 Å². The van der Waals surface area contributed by atoms with E-state index in [-0.39, 0.29) is 0 Å². The van der Waals surface area contributed by atoms with Gasteiger partial charge in [0.1, 0.15) is 0 Å². The van der Waals surface area contributed by atoms with Crippen LogP contribution < -0.4 is 5.73 Å². The lowest BCUT2D eigenvalue weighted by Gasteiger charge is -2.04. The first-order valence-electron chi connectivity index (χ1n) is 3.58. The zero-order valence-corrected chi connectivity index (χ0v) is 6.92. The third-order valence-corrected chi connectivity index (χ3v) is 1.60. The Morgan fingerprint density at radius 1 is 1.45 bits per heavy atom. The Labute approximate surface area is 67.0 Å². The molecule has 2 nitrogen and oxygen atoms in total. The lowest BCUT2D eigenvalue weighted by atomic mass is 10.1. The van der Waals surface area contributed by atoms with Gasteiger partial charge in [0.25, 0.3) is 0 Å². The summed E-state index contributed by atoms with van der Waals surface area (Å²) in [6, 6.07) is 5.94. The summed E-state index contributed by atoms with van der Waals surface area (Å²) in [6.45, 7) is 2.63. The second-order valence-electron chi connectivity index (χ2n) is 2.64. The fraction of sp³-hybridized carbons (Fsp3) is 0.333. The highest BCUT2D eigenvalue weighted by Gasteiger charge is 1.96. The third-order valence-electron chi connectivity index (χ3n) is 1.60. The Morgan fingerprint density at radius 3 is 2.82 bits per heavy atom. The van der Waals surface area contributed by atoms with E-state index in [2.05, 4.69) is 0 Å². The van der Waals surface area contributed by atoms with Gasteiger partial charge in [0.2, 0.25) is 0 Å². The molecule has 2 heteroatoms. The van der Waals surface area contributed by atoms with E-state index in [1.54, 1.807) is 7.11 Å². The van der Waals surface area contributed by atoms with Crippen LogP contribution in [0.25, 0.3) is 0 Å². The normalized spacial score (nSPS) is 10.0. The highest BCUT2D eigenvalue weighted by molar-refractivity contribution is 5.47. The number of nitrogens with two attached hydrogens (primary N) is 1. The summed E-state index contributed by atoms with van der Waals surface area (Å²) in [6.07, 6.45) is 0. The first-order valence-corrected chi connectivity index (χ1v) is 3.58. The van der Waals surface area contributed by atoms with E-state index in [0.29, 0.717) is 6.61 Å². The van der Waals surface area contributed by atoms with Crippen LogP contribution in [-0.4, -0.2) is 7.11 Å². The van der Waals surface area contributed by atoms with Crippen molar-refractivity contribution in [3.05, 3.63) is 29.3 Å². The number of methoxy groups -OCH3 is 1. The molecule has 0 aliphatic heterocycles. The average molecular weight is 151 g/mol. The summed E-state index contributed by atoms with van der Waals surface area (Å²) in [5.41, 5.74) is 8.78. The number of hydrogen-bond donors (Lipinski definition) is 1. The van der Waals surface area contributed by atoms with Crippen molar-refractivity contribution in [3.8, 4) is 0 Å². The standard InChI is InChI=1S/C9H13NO/c1-7-3-4-9(10)8(5-7)6-11-2/h3-5H,6,10H2,1-2H3. The SMILES string of the molecule is COCc1cc(C)ccc1N. The van der Waals surface area contributed by atoms with Gasteiger partial charge in [-0.1, -0.05) is 17.7 Å². The van der Waals surface area contributed by atoms with E-state index in [4.69, 9.17) is 10.5 Å². The van der Waals surface area contributed by atoms with Crippen LogP contribution in [0.15, 0.2) is 18.2 Å². The molecule has 0 saturated heterocycles. The molecular weight excluding hydrogens is 138 g/mol. The Bertz CT molecular complexity index is 245. The minimum absolute atomic E-state index is 0.591. The molecule has 11 heavy (non-hydrogen) atoms. The average Bonchev–Trinajstić information content (AvgIpc) is 1.98. The quantitative estimate of drug-likeness (QED) is 0.653. The predicted molar refractivity (Wildman–Crippen MR) is 46.3 cm³/mol. The monoisotopic (exact) mass is 151 g/mol. The van der Waals surface area contributed by atoms with Gasteiger partial charge >= 0.3 is 0 Å². The molecule has 0 fully saturated rings. The smallest absolute Gasteiger partial charge is 0.0733 e. The largest absolute Gasteiger partial charge is 0.398 e. The molecule has 0 amide bonds. The van der Waals surface area contributed by atoms with Crippen molar-refractivity contribution < 1.29 is 4.74 Å². The minimum Gasteiger partial charge on any atom is -0.398 e. The maximum absolute atomic E-state index is 5.70. The maximum atomic E-state index is 5.70. The number of aryl methyl sites for hydroxylation is 1. The van der Waals surface area contributed by atoms with Gasteiger partial charge in [-0.05, 0) is 13.0 Å². The van der Waals surface area contributed by atoms with Crippen LogP contribution in [-0.2, 0) is 11.3 Å². The zero-order chi connectivity index (χ0) is 8.27. The zero-order valence-electron chi connectivity index (χ0n) is 6.92. The molecule has 0 aliphatic rings. The molecule has 0 aliphatic carbocycles. The van der Waals surface area contributed by atoms with Gasteiger partial charge in [-0.25, -0.2) is 0 Å². The summed E-state index contributed by atoms with van der Waals surface area (Å²) >= 11 is 0. The van der Waals surface area contributed by atoms with E-state index >= 15 is 0 Å². The van der Waals surface area contributed by atoms with Crippen molar-refractivity contribution in [2.75, 3.05) is 12.8 Å². The third kappa shape index (κ3) is 1.95. The molecule has 60 valence electrons. The van der Waals surface area contributed by atoms with Crippen LogP contribution in [0.3, 0.4) is 0 Å². The lowest BCUT2D eigenvalue weighted by molar-refractivity contribution is 0.185. The molecule has 0 unspecified atom stereocenters. The van der Waals surface area contributed by atoms with Gasteiger partial charge in [-0.15, -0.1) is 0 Å². The fourth-order valence-electron chi connectivity index (χ4n) is 1.02. The van der Waals surface area contributed by atoms with Crippen LogP contribution >= 0.6 is 0 Å². The van der Waals surface area contributed by atoms with Gasteiger partial charge < -0.3 is 10.5 Å². The van der Waals surface area contributed by atoms with Crippen LogP contribution in [0.4, 0.5) is 5.69 Å². The summed E-state index contributed by atoms with van der Waals surface area (Å²) < 4.78 is 4.98. The Balaban J connectivity index is 2.93. The number of ether oxygens (including phenoxy) is 1. The Hall–Kier alpha value is -1.02. The number of anilines is 1. The highest BCUT2D eigenvalue weighted by Crippen LogP contribution is 2.13. The fourth-order valence-corrected chi connectivity index (χ4v) is 1.02. The molecule has 0 atom stereocenters. The van der Waals surface area contributed by atoms with Gasteiger partial charge in [-0.2, -0.15) is 0 Å². The van der Waals surface area contributed by atoms with Gasteiger partial charge in [0.15, 0.2) is 0 Å².